The highest BCUT2D eigenvalue weighted by Gasteiger charge is 2.22. The molecule has 0 saturated heterocycles. The van der Waals surface area contributed by atoms with Gasteiger partial charge in [-0.1, -0.05) is 23.7 Å². The SMILES string of the molecule is COc1ccc(CNC(=O)[C@H](C)OC(=O)c2cc(Cl)c(N)cc2OC)cc1. The van der Waals surface area contributed by atoms with Crippen molar-refractivity contribution in [3.63, 3.8) is 0 Å². The van der Waals surface area contributed by atoms with E-state index in [2.05, 4.69) is 5.32 Å². The molecule has 1 amide bonds. The van der Waals surface area contributed by atoms with E-state index in [1.807, 2.05) is 12.1 Å². The molecule has 144 valence electrons. The molecule has 0 fully saturated rings. The average molecular weight is 393 g/mol. The maximum Gasteiger partial charge on any atom is 0.342 e. The van der Waals surface area contributed by atoms with Gasteiger partial charge in [0.1, 0.15) is 17.1 Å². The van der Waals surface area contributed by atoms with Crippen LogP contribution in [0, 0.1) is 0 Å². The van der Waals surface area contributed by atoms with Gasteiger partial charge >= 0.3 is 5.97 Å². The van der Waals surface area contributed by atoms with Crippen LogP contribution in [0.15, 0.2) is 36.4 Å². The summed E-state index contributed by atoms with van der Waals surface area (Å²) in [5.41, 5.74) is 6.94. The summed E-state index contributed by atoms with van der Waals surface area (Å²) >= 11 is 5.95. The Morgan fingerprint density at radius 2 is 1.81 bits per heavy atom. The number of carbonyl (C=O) groups excluding carboxylic acids is 2. The van der Waals surface area contributed by atoms with Gasteiger partial charge in [-0.05, 0) is 30.7 Å². The van der Waals surface area contributed by atoms with Gasteiger partial charge in [0, 0.05) is 12.6 Å². The van der Waals surface area contributed by atoms with E-state index in [-0.39, 0.29) is 22.0 Å². The number of hydrogen-bond acceptors (Lipinski definition) is 6. The summed E-state index contributed by atoms with van der Waals surface area (Å²) in [5, 5.41) is 2.90. The van der Waals surface area contributed by atoms with Crippen LogP contribution in [0.3, 0.4) is 0 Å². The lowest BCUT2D eigenvalue weighted by molar-refractivity contribution is -0.129. The molecule has 0 saturated carbocycles. The van der Waals surface area contributed by atoms with Crippen molar-refractivity contribution >= 4 is 29.2 Å². The van der Waals surface area contributed by atoms with E-state index < -0.39 is 18.0 Å². The summed E-state index contributed by atoms with van der Waals surface area (Å²) < 4.78 is 15.4. The zero-order valence-corrected chi connectivity index (χ0v) is 16.0. The van der Waals surface area contributed by atoms with Gasteiger partial charge in [-0.3, -0.25) is 4.79 Å². The number of carbonyl (C=O) groups is 2. The second kappa shape index (κ2) is 9.14. The standard InChI is InChI=1S/C19H21ClN2O5/c1-11(18(23)22-10-12-4-6-13(25-2)7-5-12)27-19(24)14-8-15(20)16(21)9-17(14)26-3/h4-9,11H,10,21H2,1-3H3,(H,22,23)/t11-/m0/s1. The number of rotatable bonds is 7. The fraction of sp³-hybridized carbons (Fsp3) is 0.263. The normalized spacial score (nSPS) is 11.4. The second-order valence-corrected chi connectivity index (χ2v) is 6.09. The molecule has 0 aliphatic carbocycles. The maximum atomic E-state index is 12.4. The van der Waals surface area contributed by atoms with Gasteiger partial charge in [0.05, 0.1) is 24.9 Å². The van der Waals surface area contributed by atoms with E-state index in [1.165, 1.54) is 26.2 Å². The van der Waals surface area contributed by atoms with Crippen LogP contribution in [0.2, 0.25) is 5.02 Å². The van der Waals surface area contributed by atoms with Crippen molar-refractivity contribution in [1.29, 1.82) is 0 Å². The van der Waals surface area contributed by atoms with Crippen LogP contribution in [-0.4, -0.2) is 32.2 Å². The lowest BCUT2D eigenvalue weighted by atomic mass is 10.2. The van der Waals surface area contributed by atoms with Crippen molar-refractivity contribution in [1.82, 2.24) is 5.32 Å². The summed E-state index contributed by atoms with van der Waals surface area (Å²) in [7, 11) is 2.97. The van der Waals surface area contributed by atoms with Crippen LogP contribution >= 0.6 is 11.6 Å². The van der Waals surface area contributed by atoms with Crippen LogP contribution < -0.4 is 20.5 Å². The zero-order valence-electron chi connectivity index (χ0n) is 15.2. The Balaban J connectivity index is 1.97. The van der Waals surface area contributed by atoms with E-state index in [1.54, 1.807) is 19.2 Å². The van der Waals surface area contributed by atoms with Gasteiger partial charge in [0.2, 0.25) is 0 Å². The molecule has 8 heteroatoms. The second-order valence-electron chi connectivity index (χ2n) is 5.69. The molecule has 0 heterocycles. The van der Waals surface area contributed by atoms with Crippen LogP contribution in [0.25, 0.3) is 0 Å². The van der Waals surface area contributed by atoms with Crippen LogP contribution in [0.1, 0.15) is 22.8 Å². The molecule has 7 nitrogen and oxygen atoms in total. The number of benzene rings is 2. The number of ether oxygens (including phenoxy) is 3. The summed E-state index contributed by atoms with van der Waals surface area (Å²) in [6.07, 6.45) is -1.00. The Hall–Kier alpha value is -2.93. The summed E-state index contributed by atoms with van der Waals surface area (Å²) in [4.78, 5) is 24.5. The van der Waals surface area contributed by atoms with E-state index in [9.17, 15) is 9.59 Å². The number of esters is 1. The van der Waals surface area contributed by atoms with Gasteiger partial charge in [-0.15, -0.1) is 0 Å². The Labute approximate surface area is 162 Å². The smallest absolute Gasteiger partial charge is 0.342 e. The highest BCUT2D eigenvalue weighted by atomic mass is 35.5. The molecule has 2 aromatic rings. The molecule has 1 atom stereocenters. The third-order valence-electron chi connectivity index (χ3n) is 3.82. The first kappa shape index (κ1) is 20.4. The first-order valence-electron chi connectivity index (χ1n) is 8.10. The van der Waals surface area contributed by atoms with E-state index >= 15 is 0 Å². The van der Waals surface area contributed by atoms with Crippen molar-refractivity contribution in [2.45, 2.75) is 19.6 Å². The topological polar surface area (TPSA) is 99.9 Å². The van der Waals surface area contributed by atoms with E-state index in [0.717, 1.165) is 11.3 Å². The molecule has 3 N–H and O–H groups in total. The number of amides is 1. The summed E-state index contributed by atoms with van der Waals surface area (Å²) in [6.45, 7) is 1.77. The van der Waals surface area contributed by atoms with Crippen molar-refractivity contribution < 1.29 is 23.8 Å². The molecule has 0 radical (unpaired) electrons. The minimum absolute atomic E-state index is 0.0894. The number of nitrogen functional groups attached to an aromatic ring is 1. The Bertz CT molecular complexity index is 824. The minimum Gasteiger partial charge on any atom is -0.497 e. The molecular formula is C19H21ClN2O5. The Morgan fingerprint density at radius 3 is 2.41 bits per heavy atom. The van der Waals surface area contributed by atoms with Gasteiger partial charge in [-0.2, -0.15) is 0 Å². The van der Waals surface area contributed by atoms with Crippen molar-refractivity contribution in [3.8, 4) is 11.5 Å². The quantitative estimate of drug-likeness (QED) is 0.555. The average Bonchev–Trinajstić information content (AvgIpc) is 2.67. The van der Waals surface area contributed by atoms with Gasteiger partial charge in [0.25, 0.3) is 5.91 Å². The molecule has 0 bridgehead atoms. The molecule has 0 aromatic heterocycles. The fourth-order valence-electron chi connectivity index (χ4n) is 2.25. The first-order chi connectivity index (χ1) is 12.8. The van der Waals surface area contributed by atoms with Gasteiger partial charge in [-0.25, -0.2) is 4.79 Å². The highest BCUT2D eigenvalue weighted by molar-refractivity contribution is 6.33. The molecule has 2 aromatic carbocycles. The zero-order chi connectivity index (χ0) is 20.0. The summed E-state index contributed by atoms with van der Waals surface area (Å²) in [5.74, 6) is -0.225. The molecule has 0 spiro atoms. The van der Waals surface area contributed by atoms with Crippen LogP contribution in [-0.2, 0) is 16.1 Å². The number of hydrogen-bond donors (Lipinski definition) is 2. The molecule has 2 rings (SSSR count). The van der Waals surface area contributed by atoms with Gasteiger partial charge in [0.15, 0.2) is 6.10 Å². The molecule has 27 heavy (non-hydrogen) atoms. The number of methoxy groups -OCH3 is 2. The minimum atomic E-state index is -1.00. The lowest BCUT2D eigenvalue weighted by Crippen LogP contribution is -2.35. The third kappa shape index (κ3) is 5.27. The number of nitrogens with one attached hydrogen (secondary N) is 1. The largest absolute Gasteiger partial charge is 0.497 e. The van der Waals surface area contributed by atoms with E-state index in [4.69, 9.17) is 31.5 Å². The molecule has 0 aliphatic heterocycles. The lowest BCUT2D eigenvalue weighted by Gasteiger charge is -2.15. The Morgan fingerprint density at radius 1 is 1.15 bits per heavy atom. The third-order valence-corrected chi connectivity index (χ3v) is 4.14. The number of halogens is 1. The highest BCUT2D eigenvalue weighted by Crippen LogP contribution is 2.29. The van der Waals surface area contributed by atoms with Crippen molar-refractivity contribution in [2.24, 2.45) is 0 Å². The number of anilines is 1. The van der Waals surface area contributed by atoms with Crippen LogP contribution in [0.4, 0.5) is 5.69 Å². The monoisotopic (exact) mass is 392 g/mol. The van der Waals surface area contributed by atoms with Crippen molar-refractivity contribution in [2.75, 3.05) is 20.0 Å². The number of nitrogens with two attached hydrogens (primary N) is 1. The maximum absolute atomic E-state index is 12.4. The first-order valence-corrected chi connectivity index (χ1v) is 8.48. The predicted octanol–water partition coefficient (Wildman–Crippen LogP) is 2.80. The van der Waals surface area contributed by atoms with E-state index in [0.29, 0.717) is 6.54 Å². The molecular weight excluding hydrogens is 372 g/mol. The van der Waals surface area contributed by atoms with Gasteiger partial charge < -0.3 is 25.3 Å². The molecule has 0 unspecified atom stereocenters. The van der Waals surface area contributed by atoms with Crippen LogP contribution in [0.5, 0.6) is 11.5 Å². The Kier molecular flexibility index (Phi) is 6.90. The molecule has 0 aliphatic rings. The fourth-order valence-corrected chi connectivity index (χ4v) is 2.42. The predicted molar refractivity (Wildman–Crippen MR) is 102 cm³/mol. The summed E-state index contributed by atoms with van der Waals surface area (Å²) in [6, 6.07) is 10.0. The van der Waals surface area contributed by atoms with Crippen molar-refractivity contribution in [3.05, 3.63) is 52.5 Å².